The Labute approximate surface area is 106 Å². The summed E-state index contributed by atoms with van der Waals surface area (Å²) in [5.41, 5.74) is 0. The third-order valence-corrected chi connectivity index (χ3v) is 8.72. The summed E-state index contributed by atoms with van der Waals surface area (Å²) in [7, 11) is -0.234. The first-order valence-corrected chi connectivity index (χ1v) is 9.34. The van der Waals surface area contributed by atoms with Gasteiger partial charge >= 0.3 is 5.97 Å². The maximum Gasteiger partial charge on any atom is 0.308 e. The second-order valence-corrected chi connectivity index (χ2v) is 11.3. The van der Waals surface area contributed by atoms with Crippen molar-refractivity contribution >= 4 is 14.3 Å². The van der Waals surface area contributed by atoms with E-state index in [0.717, 1.165) is 19.3 Å². The summed E-state index contributed by atoms with van der Waals surface area (Å²) >= 11 is 0. The molecule has 1 rings (SSSR count). The molecule has 0 aromatic heterocycles. The van der Waals surface area contributed by atoms with Gasteiger partial charge in [0.1, 0.15) is 0 Å². The molecule has 0 aliphatic heterocycles. The molecule has 3 nitrogen and oxygen atoms in total. The van der Waals surface area contributed by atoms with E-state index in [1.165, 1.54) is 7.11 Å². The predicted octanol–water partition coefficient (Wildman–Crippen LogP) is 3.35. The quantitative estimate of drug-likeness (QED) is 0.575. The molecule has 2 atom stereocenters. The number of carbonyl (C=O) groups excluding carboxylic acids is 1. The minimum atomic E-state index is -1.70. The van der Waals surface area contributed by atoms with Gasteiger partial charge in [-0.25, -0.2) is 0 Å². The molecule has 1 aliphatic rings. The van der Waals surface area contributed by atoms with Crippen LogP contribution in [0.4, 0.5) is 0 Å². The molecule has 1 saturated carbocycles. The van der Waals surface area contributed by atoms with Crippen LogP contribution in [0.5, 0.6) is 0 Å². The average molecular weight is 258 g/mol. The highest BCUT2D eigenvalue weighted by Gasteiger charge is 2.41. The van der Waals surface area contributed by atoms with Crippen molar-refractivity contribution in [2.75, 3.05) is 7.11 Å². The van der Waals surface area contributed by atoms with Crippen molar-refractivity contribution in [2.24, 2.45) is 5.92 Å². The zero-order valence-corrected chi connectivity index (χ0v) is 13.0. The SMILES string of the molecule is COC(=O)C1CCC(O[Si](C)(C)C(C)(C)C)C1. The molecule has 17 heavy (non-hydrogen) atoms. The number of hydrogen-bond donors (Lipinski definition) is 0. The molecule has 2 unspecified atom stereocenters. The predicted molar refractivity (Wildman–Crippen MR) is 71.4 cm³/mol. The molecule has 0 heterocycles. The highest BCUT2D eigenvalue weighted by Crippen LogP contribution is 2.40. The van der Waals surface area contributed by atoms with Crippen LogP contribution in [-0.4, -0.2) is 27.5 Å². The molecule has 0 spiro atoms. The number of methoxy groups -OCH3 is 1. The summed E-state index contributed by atoms with van der Waals surface area (Å²) in [6.45, 7) is 11.3. The van der Waals surface area contributed by atoms with Gasteiger partial charge in [0.25, 0.3) is 0 Å². The summed E-state index contributed by atoms with van der Waals surface area (Å²) in [6, 6.07) is 0. The molecule has 0 amide bonds. The van der Waals surface area contributed by atoms with E-state index in [2.05, 4.69) is 33.9 Å². The van der Waals surface area contributed by atoms with Crippen molar-refractivity contribution in [1.29, 1.82) is 0 Å². The molecule has 1 aliphatic carbocycles. The van der Waals surface area contributed by atoms with Gasteiger partial charge in [0.05, 0.1) is 13.0 Å². The molecule has 0 radical (unpaired) electrons. The number of carbonyl (C=O) groups is 1. The average Bonchev–Trinajstić information content (AvgIpc) is 2.62. The van der Waals surface area contributed by atoms with Gasteiger partial charge in [0, 0.05) is 6.10 Å². The molecule has 0 N–H and O–H groups in total. The molecule has 4 heteroatoms. The summed E-state index contributed by atoms with van der Waals surface area (Å²) in [5, 5.41) is 0.232. The van der Waals surface area contributed by atoms with E-state index in [1.807, 2.05) is 0 Å². The highest BCUT2D eigenvalue weighted by molar-refractivity contribution is 6.74. The van der Waals surface area contributed by atoms with Gasteiger partial charge < -0.3 is 9.16 Å². The fraction of sp³-hybridized carbons (Fsp3) is 0.923. The lowest BCUT2D eigenvalue weighted by Gasteiger charge is -2.38. The second-order valence-electron chi connectivity index (χ2n) is 6.53. The largest absolute Gasteiger partial charge is 0.469 e. The van der Waals surface area contributed by atoms with Crippen LogP contribution in [0.1, 0.15) is 40.0 Å². The molecule has 100 valence electrons. The topological polar surface area (TPSA) is 35.5 Å². The number of ether oxygens (including phenoxy) is 1. The van der Waals surface area contributed by atoms with E-state index in [0.29, 0.717) is 0 Å². The Balaban J connectivity index is 2.53. The summed E-state index contributed by atoms with van der Waals surface area (Å²) in [4.78, 5) is 11.5. The van der Waals surface area contributed by atoms with Gasteiger partial charge in [-0.1, -0.05) is 20.8 Å². The van der Waals surface area contributed by atoms with Crippen molar-refractivity contribution in [3.63, 3.8) is 0 Å². The monoisotopic (exact) mass is 258 g/mol. The molecular weight excluding hydrogens is 232 g/mol. The number of hydrogen-bond acceptors (Lipinski definition) is 3. The summed E-state index contributed by atoms with van der Waals surface area (Å²) in [6.07, 6.45) is 2.98. The van der Waals surface area contributed by atoms with Gasteiger partial charge in [-0.3, -0.25) is 4.79 Å². The Morgan fingerprint density at radius 3 is 2.29 bits per heavy atom. The van der Waals surface area contributed by atoms with Crippen LogP contribution in [0, 0.1) is 5.92 Å². The van der Waals surface area contributed by atoms with Gasteiger partial charge in [0.15, 0.2) is 8.32 Å². The van der Waals surface area contributed by atoms with Crippen molar-refractivity contribution in [3.8, 4) is 0 Å². The minimum absolute atomic E-state index is 0.0507. The van der Waals surface area contributed by atoms with Crippen LogP contribution in [0.2, 0.25) is 18.1 Å². The summed E-state index contributed by atoms with van der Waals surface area (Å²) in [5.74, 6) is -0.0268. The van der Waals surface area contributed by atoms with Crippen LogP contribution in [0.25, 0.3) is 0 Å². The molecule has 0 bridgehead atoms. The summed E-state index contributed by atoms with van der Waals surface area (Å²) < 4.78 is 11.1. The van der Waals surface area contributed by atoms with E-state index in [-0.39, 0.29) is 23.0 Å². The van der Waals surface area contributed by atoms with E-state index >= 15 is 0 Å². The molecule has 0 saturated heterocycles. The fourth-order valence-electron chi connectivity index (χ4n) is 2.02. The zero-order valence-electron chi connectivity index (χ0n) is 12.0. The van der Waals surface area contributed by atoms with Crippen molar-refractivity contribution in [1.82, 2.24) is 0 Å². The maximum absolute atomic E-state index is 11.5. The smallest absolute Gasteiger partial charge is 0.308 e. The van der Waals surface area contributed by atoms with Crippen molar-refractivity contribution in [2.45, 2.75) is 64.3 Å². The Morgan fingerprint density at radius 1 is 1.24 bits per heavy atom. The van der Waals surface area contributed by atoms with Gasteiger partial charge in [0.2, 0.25) is 0 Å². The molecular formula is C13H26O3Si. The standard InChI is InChI=1S/C13H26O3Si/c1-13(2,3)17(5,6)16-11-8-7-10(9-11)12(14)15-4/h10-11H,7-9H2,1-6H3. The fourth-order valence-corrected chi connectivity index (χ4v) is 3.42. The third-order valence-electron chi connectivity index (χ3n) is 4.19. The van der Waals surface area contributed by atoms with E-state index < -0.39 is 8.32 Å². The first-order chi connectivity index (χ1) is 7.67. The van der Waals surface area contributed by atoms with Crippen molar-refractivity contribution < 1.29 is 14.0 Å². The Morgan fingerprint density at radius 2 is 1.82 bits per heavy atom. The Hall–Kier alpha value is -0.353. The third kappa shape index (κ3) is 3.55. The Bertz CT molecular complexity index is 281. The normalized spacial score (nSPS) is 26.0. The van der Waals surface area contributed by atoms with Crippen LogP contribution in [0.15, 0.2) is 0 Å². The van der Waals surface area contributed by atoms with E-state index in [1.54, 1.807) is 0 Å². The molecule has 1 fully saturated rings. The van der Waals surface area contributed by atoms with Crippen LogP contribution in [0.3, 0.4) is 0 Å². The highest BCUT2D eigenvalue weighted by atomic mass is 28.4. The number of esters is 1. The minimum Gasteiger partial charge on any atom is -0.469 e. The van der Waals surface area contributed by atoms with E-state index in [9.17, 15) is 4.79 Å². The lowest BCUT2D eigenvalue weighted by Crippen LogP contribution is -2.43. The first kappa shape index (κ1) is 14.7. The Kier molecular flexibility index (Phi) is 4.41. The van der Waals surface area contributed by atoms with Crippen LogP contribution < -0.4 is 0 Å². The molecule has 0 aromatic carbocycles. The maximum atomic E-state index is 11.5. The lowest BCUT2D eigenvalue weighted by atomic mass is 10.1. The second kappa shape index (κ2) is 5.10. The zero-order chi connectivity index (χ0) is 13.3. The van der Waals surface area contributed by atoms with Gasteiger partial charge in [-0.15, -0.1) is 0 Å². The van der Waals surface area contributed by atoms with Crippen molar-refractivity contribution in [3.05, 3.63) is 0 Å². The lowest BCUT2D eigenvalue weighted by molar-refractivity contribution is -0.145. The van der Waals surface area contributed by atoms with Gasteiger partial charge in [-0.2, -0.15) is 0 Å². The van der Waals surface area contributed by atoms with E-state index in [4.69, 9.17) is 9.16 Å². The van der Waals surface area contributed by atoms with Crippen LogP contribution >= 0.6 is 0 Å². The van der Waals surface area contributed by atoms with Gasteiger partial charge in [-0.05, 0) is 37.4 Å². The molecule has 0 aromatic rings. The first-order valence-electron chi connectivity index (χ1n) is 6.43. The number of rotatable bonds is 3. The van der Waals surface area contributed by atoms with Crippen LogP contribution in [-0.2, 0) is 14.0 Å².